The zero-order valence-electron chi connectivity index (χ0n) is 38.5. The number of hydrogen-bond acceptors (Lipinski definition) is 1. The van der Waals surface area contributed by atoms with Crippen molar-refractivity contribution in [3.05, 3.63) is 161 Å². The highest BCUT2D eigenvalue weighted by Gasteiger charge is 2.43. The summed E-state index contributed by atoms with van der Waals surface area (Å²) >= 11 is 0. The van der Waals surface area contributed by atoms with Gasteiger partial charge in [0, 0.05) is 27.8 Å². The molecule has 0 amide bonds. The zero-order chi connectivity index (χ0) is 42.2. The van der Waals surface area contributed by atoms with Gasteiger partial charge in [0.15, 0.2) is 0 Å². The normalized spacial score (nSPS) is 17.1. The second-order valence-electron chi connectivity index (χ2n) is 17.4. The minimum atomic E-state index is -1.06. The SMILES string of the molecule is [2H]c1c([2H])c([2H])c2c(c1[2H])-c1c([2H])c([2H])c(N(c3ccc(-c4ccccc4)cc3)c3cccc4c3-c3cc(C(C)(C)C)cc(C(C)(C)C)c3C4(C)C)c([2H])c1C2(C)C. The summed E-state index contributed by atoms with van der Waals surface area (Å²) in [5.74, 6) is 0. The predicted molar refractivity (Wildman–Crippen MR) is 219 cm³/mol. The molecule has 0 fully saturated rings. The van der Waals surface area contributed by atoms with Gasteiger partial charge in [0.1, 0.15) is 0 Å². The molecule has 0 aromatic heterocycles. The van der Waals surface area contributed by atoms with E-state index in [0.717, 1.165) is 39.2 Å². The van der Waals surface area contributed by atoms with Crippen molar-refractivity contribution in [3.8, 4) is 33.4 Å². The van der Waals surface area contributed by atoms with Gasteiger partial charge in [-0.2, -0.15) is 0 Å². The Hall–Kier alpha value is -4.88. The van der Waals surface area contributed by atoms with E-state index in [2.05, 4.69) is 110 Å². The van der Waals surface area contributed by atoms with Crippen LogP contribution < -0.4 is 4.90 Å². The molecule has 0 N–H and O–H groups in total. The molecule has 6 aromatic rings. The Morgan fingerprint density at radius 1 is 0.549 bits per heavy atom. The van der Waals surface area contributed by atoms with Gasteiger partial charge >= 0.3 is 0 Å². The van der Waals surface area contributed by atoms with Crippen LogP contribution in [-0.2, 0) is 21.7 Å². The lowest BCUT2D eigenvalue weighted by Gasteiger charge is -2.32. The molecule has 8 rings (SSSR count). The average Bonchev–Trinajstić information content (AvgIpc) is 3.56. The van der Waals surface area contributed by atoms with Crippen LogP contribution in [0.3, 0.4) is 0 Å². The summed E-state index contributed by atoms with van der Waals surface area (Å²) in [5, 5.41) is 0. The van der Waals surface area contributed by atoms with Crippen LogP contribution in [0.1, 0.15) is 112 Å². The molecule has 0 atom stereocenters. The highest BCUT2D eigenvalue weighted by molar-refractivity contribution is 5.97. The number of benzene rings is 6. The Morgan fingerprint density at radius 2 is 1.22 bits per heavy atom. The highest BCUT2D eigenvalue weighted by atomic mass is 15.1. The molecule has 0 spiro atoms. The van der Waals surface area contributed by atoms with E-state index in [9.17, 15) is 4.11 Å². The molecule has 6 aromatic carbocycles. The van der Waals surface area contributed by atoms with Gasteiger partial charge in [0.2, 0.25) is 0 Å². The molecule has 51 heavy (non-hydrogen) atoms. The van der Waals surface area contributed by atoms with Crippen molar-refractivity contribution in [2.75, 3.05) is 4.90 Å². The van der Waals surface area contributed by atoms with Gasteiger partial charge in [0.25, 0.3) is 0 Å². The molecule has 2 aliphatic carbocycles. The van der Waals surface area contributed by atoms with Gasteiger partial charge < -0.3 is 4.90 Å². The van der Waals surface area contributed by atoms with E-state index in [4.69, 9.17) is 5.48 Å². The van der Waals surface area contributed by atoms with Gasteiger partial charge in [-0.25, -0.2) is 0 Å². The standard InChI is InChI=1S/C50H51N/c1-47(2,3)34-29-39-45-41(50(9,10)46(39)43(30-34)48(4,5)6)21-16-22-44(45)51(35-25-23-33(24-26-35)32-17-12-11-13-18-32)36-27-28-38-37-19-14-15-20-40(37)49(7,8)42(38)31-36/h11-31H,1-10H3/i14D,15D,19D,20D,27D,28D,31D. The van der Waals surface area contributed by atoms with Crippen LogP contribution in [0.5, 0.6) is 0 Å². The number of fused-ring (bicyclic) bond motifs is 6. The first-order valence-corrected chi connectivity index (χ1v) is 18.1. The first-order valence-electron chi connectivity index (χ1n) is 21.6. The van der Waals surface area contributed by atoms with Crippen molar-refractivity contribution >= 4 is 17.1 Å². The lowest BCUT2D eigenvalue weighted by atomic mass is 9.71. The van der Waals surface area contributed by atoms with E-state index in [1.165, 1.54) is 16.7 Å². The minimum absolute atomic E-state index is 0.0232. The molecule has 256 valence electrons. The van der Waals surface area contributed by atoms with Crippen molar-refractivity contribution in [1.29, 1.82) is 0 Å². The van der Waals surface area contributed by atoms with Crippen molar-refractivity contribution in [3.63, 3.8) is 0 Å². The van der Waals surface area contributed by atoms with Crippen LogP contribution in [0.2, 0.25) is 0 Å². The number of anilines is 3. The quantitative estimate of drug-likeness (QED) is 0.180. The molecule has 0 radical (unpaired) electrons. The molecule has 1 heteroatoms. The smallest absolute Gasteiger partial charge is 0.0648 e. The third kappa shape index (κ3) is 5.19. The molecule has 0 saturated heterocycles. The number of nitrogens with zero attached hydrogens (tertiary/aromatic N) is 1. The summed E-state index contributed by atoms with van der Waals surface area (Å²) in [7, 11) is 0. The first-order chi connectivity index (χ1) is 27.0. The van der Waals surface area contributed by atoms with E-state index in [1.807, 2.05) is 49.1 Å². The highest BCUT2D eigenvalue weighted by Crippen LogP contribution is 2.58. The van der Waals surface area contributed by atoms with Crippen molar-refractivity contribution < 1.29 is 9.60 Å². The molecule has 0 aliphatic heterocycles. The van der Waals surface area contributed by atoms with Gasteiger partial charge in [-0.1, -0.05) is 166 Å². The largest absolute Gasteiger partial charge is 0.310 e. The third-order valence-electron chi connectivity index (χ3n) is 11.1. The van der Waals surface area contributed by atoms with E-state index >= 15 is 0 Å². The fourth-order valence-corrected chi connectivity index (χ4v) is 8.28. The topological polar surface area (TPSA) is 3.24 Å². The second-order valence-corrected chi connectivity index (χ2v) is 17.4. The Bertz CT molecular complexity index is 2700. The first kappa shape index (κ1) is 26.0. The molecular formula is C50H51N. The van der Waals surface area contributed by atoms with Crippen molar-refractivity contribution in [2.24, 2.45) is 0 Å². The fourth-order valence-electron chi connectivity index (χ4n) is 8.28. The Balaban J connectivity index is 1.49. The number of hydrogen-bond donors (Lipinski definition) is 0. The maximum atomic E-state index is 10.1. The summed E-state index contributed by atoms with van der Waals surface area (Å²) in [4.78, 5) is 1.98. The molecule has 0 saturated carbocycles. The molecule has 0 unspecified atom stereocenters. The van der Waals surface area contributed by atoms with E-state index < -0.39 is 5.41 Å². The van der Waals surface area contributed by atoms with Crippen molar-refractivity contribution in [1.82, 2.24) is 0 Å². The molecule has 1 nitrogen and oxygen atoms in total. The van der Waals surface area contributed by atoms with Gasteiger partial charge in [-0.05, 0) is 102 Å². The van der Waals surface area contributed by atoms with Crippen molar-refractivity contribution in [2.45, 2.75) is 90.9 Å². The van der Waals surface area contributed by atoms with Crippen LogP contribution >= 0.6 is 0 Å². The number of rotatable bonds is 4. The lowest BCUT2D eigenvalue weighted by molar-refractivity contribution is 0.545. The van der Waals surface area contributed by atoms with Crippen LogP contribution in [0.15, 0.2) is 127 Å². The maximum absolute atomic E-state index is 10.1. The van der Waals surface area contributed by atoms with Gasteiger partial charge in [0.05, 0.1) is 15.3 Å². The summed E-state index contributed by atoms with van der Waals surface area (Å²) in [5.41, 5.74) is 10.4. The van der Waals surface area contributed by atoms with Crippen LogP contribution in [0.25, 0.3) is 33.4 Å². The van der Waals surface area contributed by atoms with Gasteiger partial charge in [-0.3, -0.25) is 0 Å². The van der Waals surface area contributed by atoms with E-state index in [1.54, 1.807) is 0 Å². The van der Waals surface area contributed by atoms with E-state index in [0.29, 0.717) is 11.1 Å². The Kier molecular flexibility index (Phi) is 5.76. The lowest BCUT2D eigenvalue weighted by Crippen LogP contribution is -2.24. The van der Waals surface area contributed by atoms with E-state index in [-0.39, 0.29) is 75.4 Å². The van der Waals surface area contributed by atoms with Crippen LogP contribution in [-0.4, -0.2) is 0 Å². The average molecular weight is 673 g/mol. The fraction of sp³-hybridized carbons (Fsp3) is 0.280. The maximum Gasteiger partial charge on any atom is 0.0648 e. The summed E-state index contributed by atoms with van der Waals surface area (Å²) < 4.78 is 64.6. The third-order valence-corrected chi connectivity index (χ3v) is 11.1. The van der Waals surface area contributed by atoms with Gasteiger partial charge in [-0.15, -0.1) is 0 Å². The van der Waals surface area contributed by atoms with Crippen LogP contribution in [0, 0.1) is 0 Å². The summed E-state index contributed by atoms with van der Waals surface area (Å²) in [6.07, 6.45) is 0. The predicted octanol–water partition coefficient (Wildman–Crippen LogP) is 14.0. The van der Waals surface area contributed by atoms with Crippen LogP contribution in [0.4, 0.5) is 17.1 Å². The Morgan fingerprint density at radius 3 is 1.90 bits per heavy atom. The Labute approximate surface area is 315 Å². The molecule has 0 bridgehead atoms. The summed E-state index contributed by atoms with van der Waals surface area (Å²) in [6.45, 7) is 21.8. The minimum Gasteiger partial charge on any atom is -0.310 e. The summed E-state index contributed by atoms with van der Waals surface area (Å²) in [6, 6.07) is 27.8. The monoisotopic (exact) mass is 672 g/mol. The second kappa shape index (κ2) is 11.3. The zero-order valence-corrected chi connectivity index (χ0v) is 31.5. The molecule has 2 aliphatic rings. The molecular weight excluding hydrogens is 615 g/mol. The molecule has 0 heterocycles.